The van der Waals surface area contributed by atoms with Crippen molar-refractivity contribution in [3.8, 4) is 6.07 Å². The molecule has 0 aromatic carbocycles. The smallest absolute Gasteiger partial charge is 0.222 e. The minimum absolute atomic E-state index is 0.247. The zero-order valence-corrected chi connectivity index (χ0v) is 33.6. The van der Waals surface area contributed by atoms with Gasteiger partial charge in [-0.25, -0.2) is 4.99 Å². The van der Waals surface area contributed by atoms with Crippen LogP contribution in [-0.4, -0.2) is 60.9 Å². The fraction of sp³-hybridized carbons (Fsp3) is 0.932. The Morgan fingerprint density at radius 1 is 0.612 bits per heavy atom. The van der Waals surface area contributed by atoms with Crippen LogP contribution in [0.15, 0.2) is 4.99 Å². The largest absolute Gasteiger partial charge is 0.336 e. The third-order valence-corrected chi connectivity index (χ3v) is 11.2. The Kier molecular flexibility index (Phi) is 31.4. The topological polar surface area (TPSA) is 56.5 Å². The molecule has 1 amide bonds. The summed E-state index contributed by atoms with van der Waals surface area (Å²) in [5.74, 6) is 1.58. The standard InChI is InChI=1S/C44H85N4O/c1-4-6-8-10-12-14-16-18-20-22-24-26-28-30-32-35-43-46-38-41-48(43,3)42-40-47(39-34-37-45)44(49)36-33-31-29-27-25-23-21-19-17-15-13-11-9-7-5-2/h4-36,38-42H2,1-3H3/q+1. The molecule has 1 aliphatic rings. The van der Waals surface area contributed by atoms with Gasteiger partial charge in [-0.05, 0) is 12.8 Å². The van der Waals surface area contributed by atoms with E-state index in [2.05, 4.69) is 27.0 Å². The lowest BCUT2D eigenvalue weighted by molar-refractivity contribution is -0.814. The van der Waals surface area contributed by atoms with E-state index in [1.54, 1.807) is 0 Å². The predicted molar refractivity (Wildman–Crippen MR) is 214 cm³/mol. The molecule has 286 valence electrons. The third-order valence-electron chi connectivity index (χ3n) is 11.2. The molecule has 0 bridgehead atoms. The van der Waals surface area contributed by atoms with Gasteiger partial charge in [-0.2, -0.15) is 5.26 Å². The third kappa shape index (κ3) is 26.1. The molecule has 5 heteroatoms. The van der Waals surface area contributed by atoms with Crippen molar-refractivity contribution in [2.75, 3.05) is 39.8 Å². The van der Waals surface area contributed by atoms with Gasteiger partial charge in [0.25, 0.3) is 0 Å². The van der Waals surface area contributed by atoms with Crippen LogP contribution in [0, 0.1) is 11.3 Å². The van der Waals surface area contributed by atoms with E-state index in [0.717, 1.165) is 49.9 Å². The Morgan fingerprint density at radius 3 is 1.41 bits per heavy atom. The molecule has 0 saturated heterocycles. The Hall–Kier alpha value is -1.41. The summed E-state index contributed by atoms with van der Waals surface area (Å²) >= 11 is 0. The van der Waals surface area contributed by atoms with Crippen molar-refractivity contribution in [3.63, 3.8) is 0 Å². The van der Waals surface area contributed by atoms with Gasteiger partial charge in [-0.15, -0.1) is 0 Å². The molecule has 0 aliphatic carbocycles. The number of hydrogen-bond acceptors (Lipinski definition) is 3. The van der Waals surface area contributed by atoms with E-state index in [1.165, 1.54) is 186 Å². The SMILES string of the molecule is CCCCCCCCCCCCCCCCCC(=O)N(CCC#N)CC[N+]1(C)CCN=C1CCCCCCCCCCCCCCCCC. The van der Waals surface area contributed by atoms with E-state index in [9.17, 15) is 10.1 Å². The second-order valence-electron chi connectivity index (χ2n) is 15.8. The van der Waals surface area contributed by atoms with Gasteiger partial charge >= 0.3 is 0 Å². The molecule has 0 aromatic rings. The fourth-order valence-electron chi connectivity index (χ4n) is 7.64. The number of quaternary nitrogens is 1. The average molecular weight is 686 g/mol. The maximum atomic E-state index is 13.2. The van der Waals surface area contributed by atoms with Crippen molar-refractivity contribution in [2.24, 2.45) is 4.99 Å². The van der Waals surface area contributed by atoms with Crippen LogP contribution in [0.4, 0.5) is 0 Å². The monoisotopic (exact) mass is 686 g/mol. The first kappa shape index (κ1) is 45.6. The molecule has 1 heterocycles. The Morgan fingerprint density at radius 2 is 1.00 bits per heavy atom. The Bertz CT molecular complexity index is 820. The van der Waals surface area contributed by atoms with E-state index in [-0.39, 0.29) is 5.91 Å². The van der Waals surface area contributed by atoms with E-state index < -0.39 is 0 Å². The number of nitriles is 1. The number of nitrogens with zero attached hydrogens (tertiary/aromatic N) is 4. The molecular weight excluding hydrogens is 601 g/mol. The number of rotatable bonds is 37. The van der Waals surface area contributed by atoms with E-state index in [1.807, 2.05) is 4.90 Å². The number of carbonyl (C=O) groups excluding carboxylic acids is 1. The van der Waals surface area contributed by atoms with Crippen molar-refractivity contribution in [2.45, 2.75) is 226 Å². The van der Waals surface area contributed by atoms with Crippen molar-refractivity contribution in [3.05, 3.63) is 0 Å². The zero-order chi connectivity index (χ0) is 35.5. The molecule has 0 N–H and O–H groups in total. The first-order valence-electron chi connectivity index (χ1n) is 22.1. The highest BCUT2D eigenvalue weighted by molar-refractivity contribution is 5.77. The summed E-state index contributed by atoms with van der Waals surface area (Å²) in [5.41, 5.74) is 0. The maximum Gasteiger partial charge on any atom is 0.222 e. The lowest BCUT2D eigenvalue weighted by atomic mass is 10.0. The maximum absolute atomic E-state index is 13.2. The van der Waals surface area contributed by atoms with Crippen molar-refractivity contribution < 1.29 is 9.28 Å². The summed E-state index contributed by atoms with van der Waals surface area (Å²) in [7, 11) is 2.32. The molecule has 1 aliphatic heterocycles. The zero-order valence-electron chi connectivity index (χ0n) is 33.6. The van der Waals surface area contributed by atoms with Crippen LogP contribution < -0.4 is 0 Å². The molecule has 0 radical (unpaired) electrons. The van der Waals surface area contributed by atoms with Gasteiger partial charge in [0.2, 0.25) is 5.91 Å². The number of unbranched alkanes of at least 4 members (excludes halogenated alkanes) is 28. The lowest BCUT2D eigenvalue weighted by Gasteiger charge is -2.33. The molecule has 0 aromatic heterocycles. The van der Waals surface area contributed by atoms with Crippen LogP contribution in [0.5, 0.6) is 0 Å². The van der Waals surface area contributed by atoms with Gasteiger partial charge in [0.1, 0.15) is 13.1 Å². The van der Waals surface area contributed by atoms with Crippen LogP contribution in [0.25, 0.3) is 0 Å². The molecule has 49 heavy (non-hydrogen) atoms. The van der Waals surface area contributed by atoms with Crippen LogP contribution >= 0.6 is 0 Å². The second kappa shape index (κ2) is 33.7. The van der Waals surface area contributed by atoms with Gasteiger partial charge in [-0.1, -0.05) is 194 Å². The van der Waals surface area contributed by atoms with Crippen molar-refractivity contribution in [1.29, 1.82) is 5.26 Å². The van der Waals surface area contributed by atoms with E-state index in [4.69, 9.17) is 4.99 Å². The highest BCUT2D eigenvalue weighted by Gasteiger charge is 2.33. The van der Waals surface area contributed by atoms with Crippen molar-refractivity contribution >= 4 is 11.7 Å². The number of likely N-dealkylation sites (N-methyl/N-ethyl adjacent to an activating group) is 1. The highest BCUT2D eigenvalue weighted by atomic mass is 16.2. The van der Waals surface area contributed by atoms with E-state index in [0.29, 0.717) is 19.4 Å². The van der Waals surface area contributed by atoms with Crippen molar-refractivity contribution in [1.82, 2.24) is 4.90 Å². The molecule has 0 fully saturated rings. The predicted octanol–water partition coefficient (Wildman–Crippen LogP) is 13.1. The first-order valence-corrected chi connectivity index (χ1v) is 22.1. The molecule has 1 rings (SSSR count). The molecule has 1 atom stereocenters. The minimum atomic E-state index is 0.247. The summed E-state index contributed by atoms with van der Waals surface area (Å²) in [6, 6.07) is 2.27. The quantitative estimate of drug-likeness (QED) is 0.0483. The molecule has 1 unspecified atom stereocenters. The van der Waals surface area contributed by atoms with Crippen LogP contribution in [0.2, 0.25) is 0 Å². The van der Waals surface area contributed by atoms with Gasteiger partial charge in [-0.3, -0.25) is 9.28 Å². The fourth-order valence-corrected chi connectivity index (χ4v) is 7.64. The second-order valence-corrected chi connectivity index (χ2v) is 15.8. The summed E-state index contributed by atoms with van der Waals surface area (Å²) in [6.45, 7) is 8.78. The number of amides is 1. The van der Waals surface area contributed by atoms with Gasteiger partial charge in [0.15, 0.2) is 5.84 Å². The van der Waals surface area contributed by atoms with Crippen LogP contribution in [-0.2, 0) is 4.79 Å². The molecular formula is C44H85N4O+. The lowest BCUT2D eigenvalue weighted by Crippen LogP contribution is -2.52. The minimum Gasteiger partial charge on any atom is -0.336 e. The highest BCUT2D eigenvalue weighted by Crippen LogP contribution is 2.20. The van der Waals surface area contributed by atoms with E-state index >= 15 is 0 Å². The summed E-state index contributed by atoms with van der Waals surface area (Å²) in [6.07, 6.45) is 43.2. The summed E-state index contributed by atoms with van der Waals surface area (Å²) < 4.78 is 0.883. The Balaban J connectivity index is 2.13. The van der Waals surface area contributed by atoms with Crippen LogP contribution in [0.1, 0.15) is 226 Å². The first-order chi connectivity index (χ1) is 24.1. The number of carbonyl (C=O) groups is 1. The number of amidine groups is 1. The normalized spacial score (nSPS) is 15.8. The van der Waals surface area contributed by atoms with Gasteiger partial charge in [0.05, 0.1) is 32.6 Å². The molecule has 0 spiro atoms. The number of aliphatic imine (C=N–C) groups is 1. The molecule has 0 saturated carbocycles. The van der Waals surface area contributed by atoms with Gasteiger partial charge in [0, 0.05) is 19.4 Å². The summed E-state index contributed by atoms with van der Waals surface area (Å²) in [4.78, 5) is 20.1. The Labute approximate surface area is 307 Å². The molecule has 5 nitrogen and oxygen atoms in total. The number of hydrogen-bond donors (Lipinski definition) is 0. The summed E-state index contributed by atoms with van der Waals surface area (Å²) in [5, 5.41) is 9.24. The van der Waals surface area contributed by atoms with Crippen LogP contribution in [0.3, 0.4) is 0 Å². The van der Waals surface area contributed by atoms with Gasteiger partial charge < -0.3 is 4.90 Å². The average Bonchev–Trinajstić information content (AvgIpc) is 3.47.